The molecule has 0 bridgehead atoms. The Bertz CT molecular complexity index is 280. The Hall–Kier alpha value is -0.820. The largest absolute Gasteiger partial charge is 0.364 e. The smallest absolute Gasteiger partial charge is 0.110 e. The second-order valence-corrected chi connectivity index (χ2v) is 3.00. The molecule has 1 unspecified atom stereocenters. The van der Waals surface area contributed by atoms with E-state index in [1.54, 1.807) is 0 Å². The molecule has 1 nitrogen and oxygen atoms in total. The normalized spacial score (nSPS) is 33.2. The molecule has 0 saturated carbocycles. The first-order chi connectivity index (χ1) is 4.95. The molecular weight excluding hydrogens is 124 g/mol. The third-order valence-corrected chi connectivity index (χ3v) is 2.37. The molecule has 0 aromatic heterocycles. The molecule has 0 radical (unpaired) electrons. The fraction of sp³-hybridized carbons (Fsp3) is 0.333. The summed E-state index contributed by atoms with van der Waals surface area (Å²) < 4.78 is 5.38. The highest BCUT2D eigenvalue weighted by Crippen LogP contribution is 2.48. The molecule has 2 aliphatic rings. The summed E-state index contributed by atoms with van der Waals surface area (Å²) in [4.78, 5) is 0. The molecule has 50 valence electrons. The monoisotopic (exact) mass is 132 g/mol. The van der Waals surface area contributed by atoms with Crippen LogP contribution in [0.2, 0.25) is 0 Å². The first-order valence-corrected chi connectivity index (χ1v) is 3.68. The highest BCUT2D eigenvalue weighted by Gasteiger charge is 2.46. The lowest BCUT2D eigenvalue weighted by Gasteiger charge is -1.98. The molecule has 3 rings (SSSR count). The van der Waals surface area contributed by atoms with Crippen molar-refractivity contribution in [3.63, 3.8) is 0 Å². The van der Waals surface area contributed by atoms with Gasteiger partial charge in [-0.25, -0.2) is 0 Å². The maximum atomic E-state index is 5.38. The van der Waals surface area contributed by atoms with Crippen molar-refractivity contribution >= 4 is 0 Å². The minimum absolute atomic E-state index is 0.469. The number of epoxide rings is 1. The van der Waals surface area contributed by atoms with Crippen LogP contribution in [-0.4, -0.2) is 6.10 Å². The van der Waals surface area contributed by atoms with E-state index in [0.717, 1.165) is 6.42 Å². The van der Waals surface area contributed by atoms with Gasteiger partial charge in [0.1, 0.15) is 6.10 Å². The Balaban J connectivity index is 2.22. The average Bonchev–Trinajstić information content (AvgIpc) is 2.64. The molecule has 1 fully saturated rings. The van der Waals surface area contributed by atoms with Crippen LogP contribution in [0.4, 0.5) is 0 Å². The molecule has 1 aromatic carbocycles. The van der Waals surface area contributed by atoms with Crippen molar-refractivity contribution in [2.24, 2.45) is 0 Å². The summed E-state index contributed by atoms with van der Waals surface area (Å²) in [7, 11) is 0. The molecule has 2 atom stereocenters. The van der Waals surface area contributed by atoms with Gasteiger partial charge in [0.2, 0.25) is 0 Å². The Morgan fingerprint density at radius 1 is 1.30 bits per heavy atom. The molecule has 1 heteroatoms. The van der Waals surface area contributed by atoms with Crippen LogP contribution >= 0.6 is 0 Å². The summed E-state index contributed by atoms with van der Waals surface area (Å²) in [6.45, 7) is 0. The molecule has 1 aliphatic carbocycles. The quantitative estimate of drug-likeness (QED) is 0.489. The van der Waals surface area contributed by atoms with Crippen LogP contribution in [0.25, 0.3) is 0 Å². The molecule has 10 heavy (non-hydrogen) atoms. The van der Waals surface area contributed by atoms with E-state index in [4.69, 9.17) is 4.74 Å². The fourth-order valence-electron chi connectivity index (χ4n) is 1.79. The number of fused-ring (bicyclic) bond motifs is 3. The maximum Gasteiger partial charge on any atom is 0.110 e. The van der Waals surface area contributed by atoms with Gasteiger partial charge in [0.05, 0.1) is 6.10 Å². The van der Waals surface area contributed by atoms with E-state index in [1.807, 2.05) is 0 Å². The van der Waals surface area contributed by atoms with Crippen LogP contribution in [0.1, 0.15) is 17.2 Å². The number of benzene rings is 1. The van der Waals surface area contributed by atoms with Crippen molar-refractivity contribution in [1.82, 2.24) is 0 Å². The second-order valence-electron chi connectivity index (χ2n) is 3.00. The first kappa shape index (κ1) is 4.91. The van der Waals surface area contributed by atoms with Crippen molar-refractivity contribution < 1.29 is 4.74 Å². The van der Waals surface area contributed by atoms with Crippen molar-refractivity contribution in [1.29, 1.82) is 0 Å². The minimum Gasteiger partial charge on any atom is -0.364 e. The highest BCUT2D eigenvalue weighted by molar-refractivity contribution is 5.38. The van der Waals surface area contributed by atoms with Crippen LogP contribution in [0.15, 0.2) is 24.3 Å². The molecule has 1 aromatic rings. The van der Waals surface area contributed by atoms with Crippen LogP contribution < -0.4 is 0 Å². The molecule has 0 N–H and O–H groups in total. The summed E-state index contributed by atoms with van der Waals surface area (Å²) in [5, 5.41) is 0. The van der Waals surface area contributed by atoms with Gasteiger partial charge in [-0.3, -0.25) is 0 Å². The zero-order valence-corrected chi connectivity index (χ0v) is 5.58. The summed E-state index contributed by atoms with van der Waals surface area (Å²) >= 11 is 0. The van der Waals surface area contributed by atoms with E-state index in [1.165, 1.54) is 11.1 Å². The number of ether oxygens (including phenoxy) is 1. The zero-order chi connectivity index (χ0) is 6.55. The van der Waals surface area contributed by atoms with Crippen molar-refractivity contribution in [3.8, 4) is 0 Å². The fourth-order valence-corrected chi connectivity index (χ4v) is 1.79. The van der Waals surface area contributed by atoms with Crippen molar-refractivity contribution in [3.05, 3.63) is 35.4 Å². The highest BCUT2D eigenvalue weighted by atomic mass is 16.6. The SMILES string of the molecule is c1ccc2c(c1)C[C@@H]1OC21. The van der Waals surface area contributed by atoms with Crippen LogP contribution in [-0.2, 0) is 11.2 Å². The lowest BCUT2D eigenvalue weighted by atomic mass is 10.1. The summed E-state index contributed by atoms with van der Waals surface area (Å²) in [6.07, 6.45) is 2.15. The first-order valence-electron chi connectivity index (χ1n) is 3.68. The average molecular weight is 132 g/mol. The van der Waals surface area contributed by atoms with Crippen molar-refractivity contribution in [2.75, 3.05) is 0 Å². The Kier molecular flexibility index (Phi) is 0.702. The minimum atomic E-state index is 0.469. The molecule has 1 saturated heterocycles. The number of rotatable bonds is 0. The molecular formula is C9H8O. The third-order valence-electron chi connectivity index (χ3n) is 2.37. The van der Waals surface area contributed by atoms with Crippen LogP contribution in [0.3, 0.4) is 0 Å². The van der Waals surface area contributed by atoms with E-state index in [9.17, 15) is 0 Å². The lowest BCUT2D eigenvalue weighted by Crippen LogP contribution is -1.86. The zero-order valence-electron chi connectivity index (χ0n) is 5.58. The Morgan fingerprint density at radius 2 is 2.20 bits per heavy atom. The predicted octanol–water partition coefficient (Wildman–Crippen LogP) is 1.68. The van der Waals surface area contributed by atoms with Gasteiger partial charge in [-0.15, -0.1) is 0 Å². The van der Waals surface area contributed by atoms with Gasteiger partial charge >= 0.3 is 0 Å². The van der Waals surface area contributed by atoms with E-state index < -0.39 is 0 Å². The third kappa shape index (κ3) is 0.469. The van der Waals surface area contributed by atoms with Gasteiger partial charge in [-0.2, -0.15) is 0 Å². The van der Waals surface area contributed by atoms with E-state index in [-0.39, 0.29) is 0 Å². The van der Waals surface area contributed by atoms with Gasteiger partial charge in [0, 0.05) is 6.42 Å². The van der Waals surface area contributed by atoms with Crippen LogP contribution in [0.5, 0.6) is 0 Å². The van der Waals surface area contributed by atoms with Crippen LogP contribution in [0, 0.1) is 0 Å². The Morgan fingerprint density at radius 3 is 3.10 bits per heavy atom. The summed E-state index contributed by atoms with van der Waals surface area (Å²) in [5.74, 6) is 0. The van der Waals surface area contributed by atoms with E-state index in [2.05, 4.69) is 24.3 Å². The van der Waals surface area contributed by atoms with Crippen molar-refractivity contribution in [2.45, 2.75) is 18.6 Å². The number of hydrogen-bond donors (Lipinski definition) is 0. The van der Waals surface area contributed by atoms with Gasteiger partial charge in [0.15, 0.2) is 0 Å². The topological polar surface area (TPSA) is 12.5 Å². The van der Waals surface area contributed by atoms with E-state index >= 15 is 0 Å². The molecule has 0 amide bonds. The predicted molar refractivity (Wildman–Crippen MR) is 37.8 cm³/mol. The van der Waals surface area contributed by atoms with E-state index in [0.29, 0.717) is 12.2 Å². The molecule has 0 spiro atoms. The van der Waals surface area contributed by atoms with Gasteiger partial charge in [-0.1, -0.05) is 24.3 Å². The summed E-state index contributed by atoms with van der Waals surface area (Å²) in [5.41, 5.74) is 2.91. The van der Waals surface area contributed by atoms with Gasteiger partial charge < -0.3 is 4.74 Å². The lowest BCUT2D eigenvalue weighted by molar-refractivity contribution is 0.361. The second kappa shape index (κ2) is 1.43. The van der Waals surface area contributed by atoms with Gasteiger partial charge in [-0.05, 0) is 11.1 Å². The maximum absolute atomic E-state index is 5.38. The Labute approximate surface area is 59.6 Å². The standard InChI is InChI=1S/C9H8O/c1-2-4-7-6(3-1)5-8-9(7)10-8/h1-4,8-9H,5H2/t8-,9?/m0/s1. The molecule has 1 heterocycles. The summed E-state index contributed by atoms with van der Waals surface area (Å²) in [6, 6.07) is 8.56. The van der Waals surface area contributed by atoms with Gasteiger partial charge in [0.25, 0.3) is 0 Å². The molecule has 1 aliphatic heterocycles. The number of hydrogen-bond acceptors (Lipinski definition) is 1.